The number of aryl methyl sites for hydroxylation is 1. The summed E-state index contributed by atoms with van der Waals surface area (Å²) in [6.45, 7) is 17.4. The van der Waals surface area contributed by atoms with Gasteiger partial charge in [-0.05, 0) is 149 Å². The van der Waals surface area contributed by atoms with E-state index in [4.69, 9.17) is 28.4 Å². The van der Waals surface area contributed by atoms with E-state index in [1.807, 2.05) is 32.8 Å². The molecular formula is C62H96F6N2O13P2. The first kappa shape index (κ1) is 72.3. The van der Waals surface area contributed by atoms with Crippen LogP contribution in [0.3, 0.4) is 0 Å². The number of likely N-dealkylation sites (N-methyl/N-ethyl adjacent to an activating group) is 1. The Morgan fingerprint density at radius 1 is 0.765 bits per heavy atom. The van der Waals surface area contributed by atoms with Gasteiger partial charge in [0.2, 0.25) is 5.91 Å². The third-order valence-electron chi connectivity index (χ3n) is 17.2. The average Bonchev–Trinajstić information content (AvgIpc) is 1.95. The fraction of sp³-hybridized carbons (Fsp3) is 0.677. The van der Waals surface area contributed by atoms with E-state index in [0.717, 1.165) is 25.7 Å². The summed E-state index contributed by atoms with van der Waals surface area (Å²) >= 11 is 0. The van der Waals surface area contributed by atoms with Crippen LogP contribution in [0, 0.1) is 17.8 Å². The summed E-state index contributed by atoms with van der Waals surface area (Å²) in [5.41, 5.74) is -3.54. The van der Waals surface area contributed by atoms with E-state index in [9.17, 15) is 60.3 Å². The zero-order valence-electron chi connectivity index (χ0n) is 51.6. The van der Waals surface area contributed by atoms with Crippen LogP contribution in [0.5, 0.6) is 0 Å². The van der Waals surface area contributed by atoms with Crippen LogP contribution in [0.15, 0.2) is 84.9 Å². The van der Waals surface area contributed by atoms with E-state index < -0.39 is 118 Å². The fourth-order valence-electron chi connectivity index (χ4n) is 12.5. The Labute approximate surface area is 500 Å². The number of ether oxygens (including phenoxy) is 6. The SMILES string of the molecule is CC[C@H]1OC(=O)[C@H](C)[C@@H](O[C@H]2C[C@@](C)(OC)[C@@H](O)[C@H](C)O2)[C@H](C)[C@@H](O[C@@H]2O[C@H](C)C[C@H](N(C)C)[C@H]2O)[C@](C)(O)C[C@@H](C)CN(C(=O)CCCCCCc2ccc([PH+](c3ccccc3)c3ccccc3)cc2)[C@H](C)[C@@H](O)[C@]1(C)O.F[P-](F)(F)(F)(F)F. The molecule has 23 heteroatoms. The van der Waals surface area contributed by atoms with E-state index >= 15 is 0 Å². The molecule has 0 aromatic heterocycles. The summed E-state index contributed by atoms with van der Waals surface area (Å²) in [4.78, 5) is 32.8. The molecule has 0 radical (unpaired) electrons. The van der Waals surface area contributed by atoms with Crippen molar-refractivity contribution in [3.05, 3.63) is 90.5 Å². The van der Waals surface area contributed by atoms with E-state index in [0.29, 0.717) is 12.8 Å². The van der Waals surface area contributed by atoms with Crippen molar-refractivity contribution in [1.82, 2.24) is 9.80 Å². The molecule has 1 amide bonds. The van der Waals surface area contributed by atoms with Gasteiger partial charge in [0.05, 0.1) is 55.5 Å². The molecule has 0 saturated carbocycles. The Balaban J connectivity index is 0.00000177. The molecule has 0 unspecified atom stereocenters. The number of amides is 1. The molecule has 0 aliphatic carbocycles. The fourth-order valence-corrected chi connectivity index (χ4v) is 15.0. The van der Waals surface area contributed by atoms with Crippen LogP contribution in [-0.4, -0.2) is 165 Å². The average molecular weight is 1250 g/mol. The van der Waals surface area contributed by atoms with Gasteiger partial charge in [-0.2, -0.15) is 0 Å². The number of hydrogen-bond donors (Lipinski definition) is 5. The second-order valence-electron chi connectivity index (χ2n) is 24.9. The number of aliphatic hydroxyl groups is 5. The molecule has 5 N–H and O–H groups in total. The maximum absolute atomic E-state index is 14.7. The van der Waals surface area contributed by atoms with Gasteiger partial charge in [-0.3, -0.25) is 9.59 Å². The minimum atomic E-state index is -10.7. The normalized spacial score (nSPS) is 35.6. The predicted octanol–water partition coefficient (Wildman–Crippen LogP) is 9.86. The summed E-state index contributed by atoms with van der Waals surface area (Å²) in [6, 6.07) is 29.2. The molecule has 3 heterocycles. The second-order valence-corrected chi connectivity index (χ2v) is 29.3. The number of halogens is 6. The molecule has 3 aromatic rings. The Hall–Kier alpha value is -3.40. The first-order valence-corrected chi connectivity index (χ1v) is 33.3. The number of nitrogens with zero attached hydrogens (tertiary/aromatic N) is 2. The van der Waals surface area contributed by atoms with Gasteiger partial charge in [-0.15, -0.1) is 0 Å². The van der Waals surface area contributed by atoms with Crippen molar-refractivity contribution in [2.24, 2.45) is 17.8 Å². The van der Waals surface area contributed by atoms with Crippen molar-refractivity contribution >= 4 is 43.5 Å². The molecule has 3 saturated heterocycles. The minimum absolute atomic E-state index is 0.0657. The molecule has 18 atom stereocenters. The number of benzene rings is 3. The van der Waals surface area contributed by atoms with E-state index in [1.54, 1.807) is 53.4 Å². The van der Waals surface area contributed by atoms with Crippen LogP contribution in [0.1, 0.15) is 133 Å². The van der Waals surface area contributed by atoms with Crippen LogP contribution in [0.4, 0.5) is 25.2 Å². The number of carbonyl (C=O) groups excluding carboxylic acids is 2. The maximum atomic E-state index is 14.7. The summed E-state index contributed by atoms with van der Waals surface area (Å²) in [6.07, 6.45) is -5.11. The van der Waals surface area contributed by atoms with Crippen molar-refractivity contribution in [3.63, 3.8) is 0 Å². The molecular weight excluding hydrogens is 1160 g/mol. The summed E-state index contributed by atoms with van der Waals surface area (Å²) in [5, 5.41) is 64.4. The van der Waals surface area contributed by atoms with Gasteiger partial charge in [0.1, 0.15) is 45.9 Å². The summed E-state index contributed by atoms with van der Waals surface area (Å²) in [5.74, 6) is -3.31. The van der Waals surface area contributed by atoms with E-state index in [1.165, 1.54) is 35.5 Å². The van der Waals surface area contributed by atoms with E-state index in [-0.39, 0.29) is 50.3 Å². The molecule has 3 aliphatic rings. The Bertz CT molecular complexity index is 2510. The van der Waals surface area contributed by atoms with Gasteiger partial charge >= 0.3 is 39.0 Å². The van der Waals surface area contributed by atoms with Crippen molar-refractivity contribution in [3.8, 4) is 0 Å². The summed E-state index contributed by atoms with van der Waals surface area (Å²) < 4.78 is 97.4. The molecule has 0 bridgehead atoms. The van der Waals surface area contributed by atoms with Crippen molar-refractivity contribution < 1.29 is 88.7 Å². The van der Waals surface area contributed by atoms with Gasteiger partial charge in [0.15, 0.2) is 12.6 Å². The van der Waals surface area contributed by atoms with Gasteiger partial charge in [0.25, 0.3) is 0 Å². The van der Waals surface area contributed by atoms with E-state index in [2.05, 4.69) is 84.9 Å². The number of esters is 1. The first-order valence-electron chi connectivity index (χ1n) is 29.7. The standard InChI is InChI=1S/C62H95N2O13P.F6P/c1-14-50-62(10,71)55(67)43(6)64(51(65)30-24-16-15-19-25-45-31-33-48(34-32-45)78(46-26-20-17-21-27-46)47-28-22-18-23-29-47)38-39(2)36-60(8,70)57(77-59-53(66)49(63(11)12)35-40(3)73-59)41(4)54(42(5)58(69)75-50)76-52-37-61(9,72-13)56(68)44(7)74-52;1-7(2,3,4,5)6/h17-18,20-23,26-29,31-34,39-44,49-50,52-57,59,66-68,70-71H,14-16,19,24-25,30,35-38H2,1-13H3;/q;-1/p+1/t39-,40-,41+,42-,43-,44+,49+,50-,52+,53-,54+,55-,56+,57-,59+,60-,61-,62-;/m1./s1. The zero-order valence-corrected chi connectivity index (χ0v) is 53.5. The molecule has 6 rings (SSSR count). The van der Waals surface area contributed by atoms with Gasteiger partial charge in [-0.25, -0.2) is 0 Å². The molecule has 3 aliphatic heterocycles. The first-order chi connectivity index (χ1) is 39.3. The number of rotatable bonds is 17. The van der Waals surface area contributed by atoms with Crippen LogP contribution in [0.2, 0.25) is 0 Å². The Morgan fingerprint density at radius 3 is 1.84 bits per heavy atom. The van der Waals surface area contributed by atoms with Gasteiger partial charge in [-0.1, -0.05) is 82.1 Å². The number of cyclic esters (lactones) is 1. The number of carbonyl (C=O) groups is 2. The Morgan fingerprint density at radius 2 is 1.31 bits per heavy atom. The number of unbranched alkanes of at least 4 members (excludes halogenated alkanes) is 3. The number of aliphatic hydroxyl groups excluding tert-OH is 3. The quantitative estimate of drug-likeness (QED) is 0.0371. The molecule has 15 nitrogen and oxygen atoms in total. The number of methoxy groups -OCH3 is 1. The second kappa shape index (κ2) is 29.0. The van der Waals surface area contributed by atoms with Crippen molar-refractivity contribution in [2.45, 2.75) is 224 Å². The molecule has 3 fully saturated rings. The van der Waals surface area contributed by atoms with Gasteiger partial charge < -0.3 is 63.8 Å². The molecule has 3 aromatic carbocycles. The third-order valence-corrected chi connectivity index (χ3v) is 19.9. The molecule has 484 valence electrons. The zero-order chi connectivity index (χ0) is 63.7. The van der Waals surface area contributed by atoms with Crippen LogP contribution in [0.25, 0.3) is 0 Å². The third kappa shape index (κ3) is 20.8. The van der Waals surface area contributed by atoms with Crippen molar-refractivity contribution in [2.75, 3.05) is 27.7 Å². The topological polar surface area (TPSA) is 197 Å². The molecule has 85 heavy (non-hydrogen) atoms. The predicted molar refractivity (Wildman–Crippen MR) is 320 cm³/mol. The molecule has 0 spiro atoms. The number of hydrogen-bond acceptors (Lipinski definition) is 14. The monoisotopic (exact) mass is 1250 g/mol. The Kier molecular flexibility index (Phi) is 24.7. The van der Waals surface area contributed by atoms with Crippen LogP contribution < -0.4 is 15.9 Å². The van der Waals surface area contributed by atoms with Crippen molar-refractivity contribution in [1.29, 1.82) is 0 Å². The van der Waals surface area contributed by atoms with Crippen LogP contribution in [-0.2, 0) is 44.4 Å². The van der Waals surface area contributed by atoms with Crippen LogP contribution >= 0.6 is 15.7 Å². The van der Waals surface area contributed by atoms with Gasteiger partial charge in [0, 0.05) is 38.5 Å². The summed E-state index contributed by atoms with van der Waals surface area (Å²) in [7, 11) is -6.56.